The summed E-state index contributed by atoms with van der Waals surface area (Å²) in [6, 6.07) is 0. The van der Waals surface area contributed by atoms with Crippen molar-refractivity contribution in [1.29, 1.82) is 0 Å². The molecule has 2 heteroatoms. The van der Waals surface area contributed by atoms with Crippen molar-refractivity contribution in [2.45, 2.75) is 26.7 Å². The molecule has 0 saturated heterocycles. The van der Waals surface area contributed by atoms with Gasteiger partial charge in [0.15, 0.2) is 0 Å². The van der Waals surface area contributed by atoms with Gasteiger partial charge in [0.1, 0.15) is 0 Å². The summed E-state index contributed by atoms with van der Waals surface area (Å²) in [6.45, 7) is 3.98. The molecule has 0 aromatic heterocycles. The monoisotopic (exact) mass is 132 g/mol. The van der Waals surface area contributed by atoms with Gasteiger partial charge in [-0.15, -0.1) is 0 Å². The summed E-state index contributed by atoms with van der Waals surface area (Å²) in [5.74, 6) is 0. The molecule has 0 spiro atoms. The zero-order chi connectivity index (χ0) is 6.41. The second-order valence-corrected chi connectivity index (χ2v) is 2.80. The van der Waals surface area contributed by atoms with Crippen LogP contribution in [0.2, 0.25) is 0 Å². The van der Waals surface area contributed by atoms with E-state index in [1.54, 1.807) is 10.7 Å². The molecule has 8 heavy (non-hydrogen) atoms. The van der Waals surface area contributed by atoms with Crippen LogP contribution in [0.15, 0.2) is 0 Å². The van der Waals surface area contributed by atoms with E-state index in [1.165, 1.54) is 0 Å². The van der Waals surface area contributed by atoms with Gasteiger partial charge in [0.05, 0.1) is 0 Å². The Labute approximate surface area is 52.3 Å². The van der Waals surface area contributed by atoms with Crippen LogP contribution < -0.4 is 0 Å². The van der Waals surface area contributed by atoms with Crippen molar-refractivity contribution in [3.63, 3.8) is 0 Å². The molecular formula is C6H12OS. The standard InChI is InChI=1S/C6H12OS/c1-3-5-8(7)6-4-2/h5-6H,3-4H2,1-2H3. The van der Waals surface area contributed by atoms with Crippen molar-refractivity contribution >= 4 is 20.7 Å². The Balaban J connectivity index is 3.99. The summed E-state index contributed by atoms with van der Waals surface area (Å²) < 4.78 is 10.6. The van der Waals surface area contributed by atoms with E-state index in [1.807, 2.05) is 13.8 Å². The van der Waals surface area contributed by atoms with E-state index in [4.69, 9.17) is 0 Å². The van der Waals surface area contributed by atoms with Crippen molar-refractivity contribution in [1.82, 2.24) is 0 Å². The maximum atomic E-state index is 10.6. The fourth-order valence-corrected chi connectivity index (χ4v) is 1.19. The van der Waals surface area contributed by atoms with Gasteiger partial charge in [0.2, 0.25) is 0 Å². The second-order valence-electron chi connectivity index (χ2n) is 1.48. The van der Waals surface area contributed by atoms with Crippen LogP contribution in [0.1, 0.15) is 26.7 Å². The van der Waals surface area contributed by atoms with Crippen LogP contribution in [-0.2, 0) is 9.98 Å². The van der Waals surface area contributed by atoms with Gasteiger partial charge >= 0.3 is 0 Å². The van der Waals surface area contributed by atoms with Crippen LogP contribution in [0.3, 0.4) is 0 Å². The Hall–Kier alpha value is -0.240. The molecule has 0 aromatic carbocycles. The van der Waals surface area contributed by atoms with E-state index in [2.05, 4.69) is 0 Å². The molecule has 0 fully saturated rings. The van der Waals surface area contributed by atoms with Crippen molar-refractivity contribution in [3.05, 3.63) is 0 Å². The van der Waals surface area contributed by atoms with Gasteiger partial charge in [-0.1, -0.05) is 13.8 Å². The Bertz CT molecular complexity index is 149. The molecule has 0 rings (SSSR count). The highest BCUT2D eigenvalue weighted by Gasteiger charge is 1.65. The fraction of sp³-hybridized carbons (Fsp3) is 0.667. The van der Waals surface area contributed by atoms with Gasteiger partial charge in [-0.3, -0.25) is 0 Å². The first kappa shape index (κ1) is 7.76. The molecule has 1 nitrogen and oxygen atoms in total. The second kappa shape index (κ2) is 4.91. The predicted molar refractivity (Wildman–Crippen MR) is 40.9 cm³/mol. The molecule has 0 heterocycles. The fourth-order valence-electron chi connectivity index (χ4n) is 0.397. The van der Waals surface area contributed by atoms with Crippen LogP contribution in [0.5, 0.6) is 0 Å². The normalized spacial score (nSPS) is 8.25. The zero-order valence-electron chi connectivity index (χ0n) is 5.39. The third kappa shape index (κ3) is 3.93. The van der Waals surface area contributed by atoms with Crippen molar-refractivity contribution in [2.75, 3.05) is 0 Å². The smallest absolute Gasteiger partial charge is 0.00149 e. The van der Waals surface area contributed by atoms with E-state index < -0.39 is 9.98 Å². The van der Waals surface area contributed by atoms with Crippen molar-refractivity contribution in [3.8, 4) is 0 Å². The van der Waals surface area contributed by atoms with Crippen LogP contribution in [0.4, 0.5) is 0 Å². The first-order valence-corrected chi connectivity index (χ1v) is 4.14. The quantitative estimate of drug-likeness (QED) is 0.515. The number of rotatable bonds is 2. The van der Waals surface area contributed by atoms with Gasteiger partial charge < -0.3 is 0 Å². The third-order valence-electron chi connectivity index (χ3n) is 0.662. The summed E-state index contributed by atoms with van der Waals surface area (Å²) in [6.07, 6.45) is 1.78. The molecule has 48 valence electrons. The Morgan fingerprint density at radius 2 is 1.62 bits per heavy atom. The van der Waals surface area contributed by atoms with Crippen LogP contribution in [0, 0.1) is 0 Å². The predicted octanol–water partition coefficient (Wildman–Crippen LogP) is 1.16. The third-order valence-corrected chi connectivity index (χ3v) is 1.99. The van der Waals surface area contributed by atoms with E-state index in [-0.39, 0.29) is 0 Å². The molecule has 0 saturated carbocycles. The van der Waals surface area contributed by atoms with E-state index in [0.29, 0.717) is 0 Å². The van der Waals surface area contributed by atoms with Gasteiger partial charge in [-0.2, -0.15) is 0 Å². The Kier molecular flexibility index (Phi) is 4.76. The van der Waals surface area contributed by atoms with E-state index in [9.17, 15) is 4.21 Å². The Morgan fingerprint density at radius 3 is 1.88 bits per heavy atom. The molecule has 0 aromatic rings. The lowest BCUT2D eigenvalue weighted by atomic mass is 10.6. The average molecular weight is 132 g/mol. The molecule has 0 amide bonds. The molecule has 0 radical (unpaired) electrons. The van der Waals surface area contributed by atoms with Gasteiger partial charge in [0, 0.05) is 0 Å². The number of hydrogen-bond donors (Lipinski definition) is 0. The summed E-state index contributed by atoms with van der Waals surface area (Å²) in [7, 11) is -0.770. The molecule has 0 N–H and O–H groups in total. The summed E-state index contributed by atoms with van der Waals surface area (Å²) >= 11 is 0. The van der Waals surface area contributed by atoms with E-state index in [0.717, 1.165) is 12.8 Å². The molecule has 0 aliphatic carbocycles. The van der Waals surface area contributed by atoms with Crippen LogP contribution in [-0.4, -0.2) is 14.9 Å². The Morgan fingerprint density at radius 1 is 1.25 bits per heavy atom. The maximum Gasteiger partial charge on any atom is -0.00149 e. The molecule has 0 aliphatic heterocycles. The molecule has 0 unspecified atom stereocenters. The first-order chi connectivity index (χ1) is 3.81. The molecular weight excluding hydrogens is 120 g/mol. The minimum Gasteiger partial charge on any atom is -0.226 e. The lowest BCUT2D eigenvalue weighted by Gasteiger charge is -1.69. The minimum atomic E-state index is -0.770. The highest BCUT2D eigenvalue weighted by Crippen LogP contribution is 1.65. The minimum absolute atomic E-state index is 0.770. The highest BCUT2D eigenvalue weighted by atomic mass is 32.1. The van der Waals surface area contributed by atoms with Crippen LogP contribution in [0.25, 0.3) is 0 Å². The average Bonchev–Trinajstić information content (AvgIpc) is 1.68. The summed E-state index contributed by atoms with van der Waals surface area (Å²) in [5.41, 5.74) is 0. The maximum absolute atomic E-state index is 10.6. The molecule has 0 aliphatic rings. The van der Waals surface area contributed by atoms with E-state index >= 15 is 0 Å². The first-order valence-electron chi connectivity index (χ1n) is 2.87. The topological polar surface area (TPSA) is 17.1 Å². The summed E-state index contributed by atoms with van der Waals surface area (Å²) in [4.78, 5) is 0. The molecule has 0 atom stereocenters. The molecule has 0 bridgehead atoms. The largest absolute Gasteiger partial charge is 0.226 e. The number of hydrogen-bond acceptors (Lipinski definition) is 1. The summed E-state index contributed by atoms with van der Waals surface area (Å²) in [5, 5.41) is 3.59. The van der Waals surface area contributed by atoms with Crippen LogP contribution >= 0.6 is 0 Å². The SMILES string of the molecule is CCC=S(=O)=CCC. The van der Waals surface area contributed by atoms with Gasteiger partial charge in [-0.25, -0.2) is 4.21 Å². The highest BCUT2D eigenvalue weighted by molar-refractivity contribution is 7.82. The lowest BCUT2D eigenvalue weighted by Crippen LogP contribution is -1.74. The lowest BCUT2D eigenvalue weighted by molar-refractivity contribution is 0.699. The van der Waals surface area contributed by atoms with Crippen molar-refractivity contribution < 1.29 is 4.21 Å². The van der Waals surface area contributed by atoms with Crippen molar-refractivity contribution in [2.24, 2.45) is 0 Å². The zero-order valence-corrected chi connectivity index (χ0v) is 6.20. The van der Waals surface area contributed by atoms with Gasteiger partial charge in [-0.05, 0) is 33.6 Å². The van der Waals surface area contributed by atoms with Gasteiger partial charge in [0.25, 0.3) is 0 Å².